The van der Waals surface area contributed by atoms with Gasteiger partial charge < -0.3 is 19.8 Å². The quantitative estimate of drug-likeness (QED) is 0.222. The van der Waals surface area contributed by atoms with Crippen LogP contribution in [0.2, 0.25) is 0 Å². The Morgan fingerprint density at radius 2 is 2.23 bits per heavy atom. The van der Waals surface area contributed by atoms with Gasteiger partial charge in [0.25, 0.3) is 0 Å². The molecule has 1 aromatic carbocycles. The number of halogens is 2. The van der Waals surface area contributed by atoms with Crippen LogP contribution in [0, 0.1) is 11.7 Å². The molecule has 2 heterocycles. The summed E-state index contributed by atoms with van der Waals surface area (Å²) >= 11 is 1.58. The molecule has 1 saturated carbocycles. The van der Waals surface area contributed by atoms with Gasteiger partial charge in [0.05, 0.1) is 29.8 Å². The van der Waals surface area contributed by atoms with Gasteiger partial charge in [0.1, 0.15) is 6.26 Å². The topological polar surface area (TPSA) is 71.7 Å². The summed E-state index contributed by atoms with van der Waals surface area (Å²) in [6.45, 7) is 3.01. The first-order valence-corrected chi connectivity index (χ1v) is 10.9. The molecule has 4 rings (SSSR count). The molecule has 0 spiro atoms. The molecule has 9 heteroatoms. The Morgan fingerprint density at radius 3 is 2.90 bits per heavy atom. The van der Waals surface area contributed by atoms with Gasteiger partial charge >= 0.3 is 0 Å². The molecule has 1 aliphatic carbocycles. The monoisotopic (exact) mass is 556 g/mol. The number of guanidine groups is 1. The lowest BCUT2D eigenvalue weighted by Gasteiger charge is -2.18. The molecule has 2 N–H and O–H groups in total. The lowest BCUT2D eigenvalue weighted by molar-refractivity contribution is 0.285. The van der Waals surface area contributed by atoms with Gasteiger partial charge in [0, 0.05) is 7.05 Å². The van der Waals surface area contributed by atoms with Gasteiger partial charge in [0.15, 0.2) is 17.5 Å². The third-order valence-corrected chi connectivity index (χ3v) is 5.78. The number of benzene rings is 1. The molecular formula is C22H26FIN4O2S. The molecule has 0 saturated heterocycles. The van der Waals surface area contributed by atoms with E-state index in [4.69, 9.17) is 9.15 Å². The van der Waals surface area contributed by atoms with E-state index in [0.29, 0.717) is 36.7 Å². The Kier molecular flexibility index (Phi) is 8.30. The van der Waals surface area contributed by atoms with Gasteiger partial charge in [-0.05, 0) is 54.8 Å². The van der Waals surface area contributed by atoms with Crippen molar-refractivity contribution >= 4 is 41.3 Å². The van der Waals surface area contributed by atoms with Crippen LogP contribution in [0.1, 0.15) is 37.1 Å². The number of aromatic nitrogens is 1. The smallest absolute Gasteiger partial charge is 0.236 e. The van der Waals surface area contributed by atoms with Crippen LogP contribution in [0.5, 0.6) is 5.75 Å². The van der Waals surface area contributed by atoms with Gasteiger partial charge in [-0.1, -0.05) is 12.1 Å². The van der Waals surface area contributed by atoms with Gasteiger partial charge in [-0.15, -0.1) is 35.3 Å². The summed E-state index contributed by atoms with van der Waals surface area (Å²) < 4.78 is 25.5. The lowest BCUT2D eigenvalue weighted by Crippen LogP contribution is -2.38. The Bertz CT molecular complexity index is 1000. The zero-order valence-electron chi connectivity index (χ0n) is 17.4. The van der Waals surface area contributed by atoms with Gasteiger partial charge in [-0.2, -0.15) is 0 Å². The number of ether oxygens (including phenoxy) is 1. The molecule has 1 unspecified atom stereocenters. The third kappa shape index (κ3) is 6.42. The van der Waals surface area contributed by atoms with Crippen LogP contribution in [0.15, 0.2) is 51.4 Å². The molecule has 6 nitrogen and oxygen atoms in total. The Labute approximate surface area is 202 Å². The highest BCUT2D eigenvalue weighted by molar-refractivity contribution is 14.0. The van der Waals surface area contributed by atoms with Crippen molar-refractivity contribution in [2.45, 2.75) is 32.4 Å². The number of rotatable bonds is 8. The van der Waals surface area contributed by atoms with Gasteiger partial charge in [-0.25, -0.2) is 9.37 Å². The number of thiophene rings is 1. The predicted molar refractivity (Wildman–Crippen MR) is 132 cm³/mol. The van der Waals surface area contributed by atoms with Gasteiger partial charge in [-0.3, -0.25) is 4.99 Å². The van der Waals surface area contributed by atoms with E-state index in [9.17, 15) is 4.39 Å². The zero-order chi connectivity index (χ0) is 20.9. The maximum Gasteiger partial charge on any atom is 0.236 e. The first-order chi connectivity index (χ1) is 14.6. The van der Waals surface area contributed by atoms with Crippen LogP contribution in [-0.2, 0) is 6.54 Å². The minimum absolute atomic E-state index is 0. The fourth-order valence-corrected chi connectivity index (χ4v) is 3.61. The van der Waals surface area contributed by atoms with E-state index in [2.05, 4.69) is 20.6 Å². The maximum absolute atomic E-state index is 14.4. The first kappa shape index (κ1) is 23.5. The highest BCUT2D eigenvalue weighted by atomic mass is 127. The number of aliphatic imine (C=N–C) groups is 1. The number of nitrogens with zero attached hydrogens (tertiary/aromatic N) is 2. The molecule has 0 aliphatic heterocycles. The molecule has 0 radical (unpaired) electrons. The minimum atomic E-state index is -0.339. The van der Waals surface area contributed by atoms with Crippen molar-refractivity contribution in [3.63, 3.8) is 0 Å². The summed E-state index contributed by atoms with van der Waals surface area (Å²) in [7, 11) is 1.69. The largest absolute Gasteiger partial charge is 0.490 e. The van der Waals surface area contributed by atoms with E-state index in [-0.39, 0.29) is 35.8 Å². The Balaban J connectivity index is 0.00000272. The van der Waals surface area contributed by atoms with Crippen LogP contribution in [0.25, 0.3) is 10.8 Å². The fourth-order valence-electron chi connectivity index (χ4n) is 2.95. The zero-order valence-corrected chi connectivity index (χ0v) is 20.6. The number of hydrogen-bond acceptors (Lipinski definition) is 5. The van der Waals surface area contributed by atoms with Crippen molar-refractivity contribution in [2.75, 3.05) is 13.7 Å². The van der Waals surface area contributed by atoms with E-state index in [0.717, 1.165) is 16.1 Å². The molecule has 1 atom stereocenters. The van der Waals surface area contributed by atoms with Crippen LogP contribution < -0.4 is 15.4 Å². The summed E-state index contributed by atoms with van der Waals surface area (Å²) in [5.41, 5.74) is 1.59. The van der Waals surface area contributed by atoms with Crippen molar-refractivity contribution in [1.29, 1.82) is 0 Å². The van der Waals surface area contributed by atoms with E-state index in [1.54, 1.807) is 30.7 Å². The SMILES string of the molecule is CN=C(NCc1coc(-c2cccs2)n1)NC(C)c1ccc(OCC2CC2)c(F)c1.I. The average molecular weight is 556 g/mol. The minimum Gasteiger partial charge on any atom is -0.490 e. The second-order valence-electron chi connectivity index (χ2n) is 7.36. The molecular weight excluding hydrogens is 530 g/mol. The standard InChI is InChI=1S/C22H25FN4O2S.HI/c1-14(16-7-8-19(18(23)10-16)28-12-15-5-6-15)26-22(24-2)25-11-17-13-29-21(27-17)20-4-3-9-30-20;/h3-4,7-10,13-15H,5-6,11-12H2,1-2H3,(H2,24,25,26);1H. The van der Waals surface area contributed by atoms with Crippen LogP contribution in [-0.4, -0.2) is 24.6 Å². The van der Waals surface area contributed by atoms with Crippen molar-refractivity contribution in [2.24, 2.45) is 10.9 Å². The van der Waals surface area contributed by atoms with Crippen molar-refractivity contribution < 1.29 is 13.5 Å². The molecule has 31 heavy (non-hydrogen) atoms. The summed E-state index contributed by atoms with van der Waals surface area (Å²) in [4.78, 5) is 9.72. The molecule has 0 bridgehead atoms. The highest BCUT2D eigenvalue weighted by Crippen LogP contribution is 2.30. The maximum atomic E-state index is 14.4. The molecule has 1 aliphatic rings. The predicted octanol–water partition coefficient (Wildman–Crippen LogP) is 5.38. The lowest BCUT2D eigenvalue weighted by atomic mass is 10.1. The van der Waals surface area contributed by atoms with Crippen LogP contribution in [0.3, 0.4) is 0 Å². The van der Waals surface area contributed by atoms with Crippen LogP contribution >= 0.6 is 35.3 Å². The molecule has 2 aromatic heterocycles. The fraction of sp³-hybridized carbons (Fsp3) is 0.364. The number of hydrogen-bond donors (Lipinski definition) is 2. The van der Waals surface area contributed by atoms with E-state index < -0.39 is 0 Å². The number of oxazole rings is 1. The van der Waals surface area contributed by atoms with E-state index in [1.807, 2.05) is 30.5 Å². The molecule has 166 valence electrons. The van der Waals surface area contributed by atoms with Crippen LogP contribution in [0.4, 0.5) is 4.39 Å². The summed E-state index contributed by atoms with van der Waals surface area (Å²) in [5, 5.41) is 8.47. The van der Waals surface area contributed by atoms with Gasteiger partial charge in [0.2, 0.25) is 5.89 Å². The third-order valence-electron chi connectivity index (χ3n) is 4.92. The van der Waals surface area contributed by atoms with E-state index >= 15 is 0 Å². The van der Waals surface area contributed by atoms with Crippen molar-refractivity contribution in [1.82, 2.24) is 15.6 Å². The molecule has 0 amide bonds. The second kappa shape index (κ2) is 10.9. The summed E-state index contributed by atoms with van der Waals surface area (Å²) in [6.07, 6.45) is 3.99. The van der Waals surface area contributed by atoms with E-state index in [1.165, 1.54) is 18.9 Å². The molecule has 1 fully saturated rings. The summed E-state index contributed by atoms with van der Waals surface area (Å²) in [6, 6.07) is 8.88. The Morgan fingerprint density at radius 1 is 1.39 bits per heavy atom. The number of nitrogens with one attached hydrogen (secondary N) is 2. The average Bonchev–Trinajstić information content (AvgIpc) is 3.21. The van der Waals surface area contributed by atoms with Crippen molar-refractivity contribution in [3.05, 3.63) is 59.0 Å². The van der Waals surface area contributed by atoms with Crippen molar-refractivity contribution in [3.8, 4) is 16.5 Å². The Hall–Kier alpha value is -2.14. The summed E-state index contributed by atoms with van der Waals surface area (Å²) in [5.74, 6) is 1.77. The highest BCUT2D eigenvalue weighted by Gasteiger charge is 2.22. The second-order valence-corrected chi connectivity index (χ2v) is 8.31. The normalized spacial score (nSPS) is 14.6. The molecule has 3 aromatic rings. The first-order valence-electron chi connectivity index (χ1n) is 10.00.